The Morgan fingerprint density at radius 2 is 1.56 bits per heavy atom. The normalized spacial score (nSPS) is 14.5. The fraction of sp³-hybridized carbons (Fsp3) is 0.250. The SMILES string of the molecule is O=NC(=O)c1ccc2c(c1)N(c1c(Br)cc(C(F)(C(F)(F)F)C(F)(F)F)cc1OC(F)(F)F)CC=C2. The zero-order chi connectivity index (χ0) is 27.3. The number of carbonyl (C=O) groups excluding carboxylic acids is 1. The lowest BCUT2D eigenvalue weighted by Gasteiger charge is -2.34. The van der Waals surface area contributed by atoms with E-state index in [1.54, 1.807) is 0 Å². The maximum absolute atomic E-state index is 14.6. The minimum absolute atomic E-state index is 0.0273. The molecule has 1 heterocycles. The lowest BCUT2D eigenvalue weighted by Crippen LogP contribution is -2.50. The van der Waals surface area contributed by atoms with Gasteiger partial charge in [-0.05, 0) is 45.8 Å². The van der Waals surface area contributed by atoms with E-state index in [1.807, 2.05) is 0 Å². The topological polar surface area (TPSA) is 59.0 Å². The summed E-state index contributed by atoms with van der Waals surface area (Å²) in [7, 11) is 0. The molecule has 194 valence electrons. The van der Waals surface area contributed by atoms with Gasteiger partial charge >= 0.3 is 30.3 Å². The van der Waals surface area contributed by atoms with Crippen molar-refractivity contribution < 1.29 is 53.4 Å². The van der Waals surface area contributed by atoms with Gasteiger partial charge in [-0.2, -0.15) is 26.3 Å². The molecule has 0 radical (unpaired) electrons. The first kappa shape index (κ1) is 27.4. The van der Waals surface area contributed by atoms with Crippen LogP contribution < -0.4 is 9.64 Å². The van der Waals surface area contributed by atoms with Crippen LogP contribution in [0.15, 0.2) is 46.1 Å². The van der Waals surface area contributed by atoms with Crippen LogP contribution in [0.1, 0.15) is 21.5 Å². The fourth-order valence-electron chi connectivity index (χ4n) is 3.42. The van der Waals surface area contributed by atoms with E-state index in [-0.39, 0.29) is 35.5 Å². The molecule has 0 aromatic heterocycles. The second-order valence-corrected chi connectivity index (χ2v) is 8.04. The third-order valence-corrected chi connectivity index (χ3v) is 5.54. The molecule has 1 aliphatic heterocycles. The van der Waals surface area contributed by atoms with Crippen molar-refractivity contribution in [1.82, 2.24) is 0 Å². The summed E-state index contributed by atoms with van der Waals surface area (Å²) in [6, 6.07) is 3.12. The zero-order valence-electron chi connectivity index (χ0n) is 17.0. The summed E-state index contributed by atoms with van der Waals surface area (Å²) < 4.78 is 136. The number of ether oxygens (including phenoxy) is 1. The molecule has 0 saturated carbocycles. The summed E-state index contributed by atoms with van der Waals surface area (Å²) in [6.45, 7) is -0.315. The molecule has 5 nitrogen and oxygen atoms in total. The van der Waals surface area contributed by atoms with Gasteiger partial charge in [0.2, 0.25) is 0 Å². The number of rotatable bonds is 4. The Morgan fingerprint density at radius 1 is 0.944 bits per heavy atom. The molecule has 0 N–H and O–H groups in total. The first-order valence-corrected chi connectivity index (χ1v) is 10.1. The molecular formula is C20H9BrF10N2O3. The molecule has 1 aliphatic rings. The molecule has 36 heavy (non-hydrogen) atoms. The standard InChI is InChI=1S/C20H9BrF10N2O3/c21-12-7-11(17(22,18(23,24)25)19(26,27)28)8-14(36-20(29,30)31)15(12)33-5-1-2-9-3-4-10(6-13(9)33)16(34)32-35/h1-4,6-8H,5H2. The number of amides is 1. The Bertz CT molecular complexity index is 1220. The van der Waals surface area contributed by atoms with Crippen LogP contribution in [0.3, 0.4) is 0 Å². The largest absolute Gasteiger partial charge is 0.573 e. The number of fused-ring (bicyclic) bond motifs is 1. The Morgan fingerprint density at radius 3 is 2.08 bits per heavy atom. The van der Waals surface area contributed by atoms with Crippen molar-refractivity contribution in [2.45, 2.75) is 24.4 Å². The zero-order valence-corrected chi connectivity index (χ0v) is 18.6. The van der Waals surface area contributed by atoms with Gasteiger partial charge in [-0.3, -0.25) is 4.79 Å². The van der Waals surface area contributed by atoms with Crippen molar-refractivity contribution in [2.24, 2.45) is 5.18 Å². The van der Waals surface area contributed by atoms with E-state index < -0.39 is 51.8 Å². The van der Waals surface area contributed by atoms with Gasteiger partial charge in [-0.15, -0.1) is 18.1 Å². The maximum atomic E-state index is 14.6. The highest BCUT2D eigenvalue weighted by Gasteiger charge is 2.73. The predicted molar refractivity (Wildman–Crippen MR) is 108 cm³/mol. The van der Waals surface area contributed by atoms with Gasteiger partial charge in [0.1, 0.15) is 0 Å². The van der Waals surface area contributed by atoms with Gasteiger partial charge in [0.25, 0.3) is 0 Å². The van der Waals surface area contributed by atoms with E-state index in [9.17, 15) is 53.6 Å². The molecular weight excluding hydrogens is 586 g/mol. The van der Waals surface area contributed by atoms with Crippen molar-refractivity contribution in [3.63, 3.8) is 0 Å². The average Bonchev–Trinajstić information content (AvgIpc) is 2.74. The summed E-state index contributed by atoms with van der Waals surface area (Å²) in [5.41, 5.74) is -9.16. The van der Waals surface area contributed by atoms with Gasteiger partial charge in [0.05, 0.1) is 5.69 Å². The summed E-state index contributed by atoms with van der Waals surface area (Å²) in [6.07, 6.45) is -16.0. The van der Waals surface area contributed by atoms with Crippen molar-refractivity contribution in [3.8, 4) is 5.75 Å². The molecule has 0 spiro atoms. The molecule has 0 saturated heterocycles. The third-order valence-electron chi connectivity index (χ3n) is 4.94. The van der Waals surface area contributed by atoms with E-state index in [2.05, 4.69) is 25.8 Å². The lowest BCUT2D eigenvalue weighted by atomic mass is 9.93. The van der Waals surface area contributed by atoms with Crippen molar-refractivity contribution >= 4 is 39.3 Å². The second-order valence-electron chi connectivity index (χ2n) is 7.19. The molecule has 2 aromatic rings. The van der Waals surface area contributed by atoms with Gasteiger partial charge < -0.3 is 9.64 Å². The molecule has 2 aromatic carbocycles. The highest BCUT2D eigenvalue weighted by Crippen LogP contribution is 2.56. The van der Waals surface area contributed by atoms with E-state index >= 15 is 0 Å². The van der Waals surface area contributed by atoms with Crippen LogP contribution in [-0.4, -0.2) is 31.2 Å². The number of anilines is 2. The monoisotopic (exact) mass is 594 g/mol. The number of alkyl halides is 10. The molecule has 0 unspecified atom stereocenters. The molecule has 16 heteroatoms. The average molecular weight is 595 g/mol. The Kier molecular flexibility index (Phi) is 6.89. The van der Waals surface area contributed by atoms with Crippen molar-refractivity contribution in [3.05, 3.63) is 62.5 Å². The number of hydrogen-bond acceptors (Lipinski definition) is 4. The van der Waals surface area contributed by atoms with E-state index in [0.29, 0.717) is 0 Å². The van der Waals surface area contributed by atoms with Crippen LogP contribution in [0.4, 0.5) is 55.3 Å². The lowest BCUT2D eigenvalue weighted by molar-refractivity contribution is -0.348. The molecule has 0 fully saturated rings. The number of halogens is 11. The fourth-order valence-corrected chi connectivity index (χ4v) is 4.08. The van der Waals surface area contributed by atoms with Crippen LogP contribution >= 0.6 is 15.9 Å². The van der Waals surface area contributed by atoms with Gasteiger partial charge in [-0.25, -0.2) is 4.39 Å². The summed E-state index contributed by atoms with van der Waals surface area (Å²) >= 11 is 2.63. The number of nitrogens with zero attached hydrogens (tertiary/aromatic N) is 2. The highest BCUT2D eigenvalue weighted by molar-refractivity contribution is 9.10. The van der Waals surface area contributed by atoms with Crippen molar-refractivity contribution in [1.29, 1.82) is 0 Å². The van der Waals surface area contributed by atoms with Gasteiger partial charge in [0.15, 0.2) is 5.75 Å². The minimum atomic E-state index is -6.60. The molecule has 0 aliphatic carbocycles. The van der Waals surface area contributed by atoms with Crippen LogP contribution in [0.25, 0.3) is 6.08 Å². The summed E-state index contributed by atoms with van der Waals surface area (Å²) in [4.78, 5) is 23.2. The minimum Gasteiger partial charge on any atom is -0.403 e. The van der Waals surface area contributed by atoms with Crippen molar-refractivity contribution in [2.75, 3.05) is 11.4 Å². The van der Waals surface area contributed by atoms with Crippen LogP contribution in [-0.2, 0) is 5.67 Å². The Labute approximate surface area is 202 Å². The number of benzene rings is 2. The van der Waals surface area contributed by atoms with Crippen LogP contribution in [0.5, 0.6) is 5.75 Å². The Balaban J connectivity index is 2.31. The van der Waals surface area contributed by atoms with E-state index in [0.717, 1.165) is 17.0 Å². The van der Waals surface area contributed by atoms with Crippen LogP contribution in [0.2, 0.25) is 0 Å². The van der Waals surface area contributed by atoms with Gasteiger partial charge in [0, 0.05) is 33.0 Å². The molecule has 0 bridgehead atoms. The quantitative estimate of drug-likeness (QED) is 0.269. The Hall–Kier alpha value is -3.17. The van der Waals surface area contributed by atoms with E-state index in [4.69, 9.17) is 0 Å². The van der Waals surface area contributed by atoms with Crippen LogP contribution in [0, 0.1) is 4.91 Å². The summed E-state index contributed by atoms with van der Waals surface area (Å²) in [5.74, 6) is -2.86. The van der Waals surface area contributed by atoms with E-state index in [1.165, 1.54) is 18.2 Å². The third kappa shape index (κ3) is 4.90. The first-order chi connectivity index (χ1) is 16.4. The predicted octanol–water partition coefficient (Wildman–Crippen LogP) is 7.71. The highest BCUT2D eigenvalue weighted by atomic mass is 79.9. The van der Waals surface area contributed by atoms with Gasteiger partial charge in [-0.1, -0.05) is 18.2 Å². The smallest absolute Gasteiger partial charge is 0.403 e. The number of nitroso groups, excluding NO2 is 1. The number of carbonyl (C=O) groups is 1. The maximum Gasteiger partial charge on any atom is 0.573 e. The molecule has 3 rings (SSSR count). The molecule has 0 atom stereocenters. The molecule has 1 amide bonds. The first-order valence-electron chi connectivity index (χ1n) is 9.28. The summed E-state index contributed by atoms with van der Waals surface area (Å²) in [5, 5.41) is 2.21. The second kappa shape index (κ2) is 9.05. The number of hydrogen-bond donors (Lipinski definition) is 0.